The molecule has 3 heterocycles. The number of amides is 1. The Morgan fingerprint density at radius 2 is 1.66 bits per heavy atom. The monoisotopic (exact) mass is 589 g/mol. The number of hydrogen-bond donors (Lipinski definition) is 2. The molecule has 0 saturated carbocycles. The van der Waals surface area contributed by atoms with E-state index >= 15 is 0 Å². The van der Waals surface area contributed by atoms with Gasteiger partial charge in [0.1, 0.15) is 17.3 Å². The first-order valence-electron chi connectivity index (χ1n) is 14.0. The molecule has 0 aliphatic carbocycles. The number of nitrogens with one attached hydrogen (secondary N) is 2. The summed E-state index contributed by atoms with van der Waals surface area (Å²) in [6, 6.07) is 26.4. The number of carbonyl (C=O) groups excluding carboxylic acids is 1. The van der Waals surface area contributed by atoms with Crippen molar-refractivity contribution in [1.82, 2.24) is 24.5 Å². The van der Waals surface area contributed by atoms with Crippen LogP contribution in [0.2, 0.25) is 0 Å². The number of rotatable bonds is 9. The number of anilines is 3. The Morgan fingerprint density at radius 1 is 0.886 bits per heavy atom. The zero-order chi connectivity index (χ0) is 30.6. The van der Waals surface area contributed by atoms with Gasteiger partial charge in [0.2, 0.25) is 11.9 Å². The van der Waals surface area contributed by atoms with Gasteiger partial charge in [-0.05, 0) is 74.3 Å². The summed E-state index contributed by atoms with van der Waals surface area (Å²) in [7, 11) is 4.05. The van der Waals surface area contributed by atoms with Crippen molar-refractivity contribution in [3.63, 3.8) is 0 Å². The summed E-state index contributed by atoms with van der Waals surface area (Å²) in [5.74, 6) is -1.62. The molecule has 6 aromatic rings. The zero-order valence-corrected chi connectivity index (χ0v) is 24.1. The predicted octanol–water partition coefficient (Wildman–Crippen LogP) is 6.72. The lowest BCUT2D eigenvalue weighted by Crippen LogP contribution is -2.16. The van der Waals surface area contributed by atoms with Crippen LogP contribution in [0.5, 0.6) is 0 Å². The second kappa shape index (κ2) is 12.4. The van der Waals surface area contributed by atoms with Crippen LogP contribution in [0.1, 0.15) is 11.1 Å². The molecule has 8 nitrogen and oxygen atoms in total. The third-order valence-corrected chi connectivity index (χ3v) is 6.95. The number of hydrogen-bond acceptors (Lipinski definition) is 6. The molecule has 0 unspecified atom stereocenters. The van der Waals surface area contributed by atoms with E-state index in [9.17, 15) is 13.6 Å². The first-order valence-corrected chi connectivity index (χ1v) is 14.0. The number of pyridine rings is 1. The van der Waals surface area contributed by atoms with Gasteiger partial charge in [0.05, 0.1) is 23.2 Å². The molecule has 10 heteroatoms. The summed E-state index contributed by atoms with van der Waals surface area (Å²) in [5.41, 5.74) is 5.88. The molecule has 0 saturated heterocycles. The molecule has 3 aromatic heterocycles. The van der Waals surface area contributed by atoms with Crippen molar-refractivity contribution in [2.75, 3.05) is 24.7 Å². The first-order chi connectivity index (χ1) is 21.3. The standard InChI is InChI=1S/C34H29F2N7O/c1-42(2)21-22-8-5-10-24(18-22)39-34-37-16-15-29(40-34)32-30-14-3-4-17-43(30)41-33(32)23-9-6-11-25(19-23)38-31(44)20-26-27(35)12-7-13-28(26)36/h3-19H,20-21H2,1-2H3,(H,38,44)(H,37,39,40). The average Bonchev–Trinajstić information content (AvgIpc) is 3.39. The summed E-state index contributed by atoms with van der Waals surface area (Å²) in [6.07, 6.45) is 3.12. The summed E-state index contributed by atoms with van der Waals surface area (Å²) < 4.78 is 30.0. The topological polar surface area (TPSA) is 87.5 Å². The molecular formula is C34H29F2N7O. The minimum Gasteiger partial charge on any atom is -0.326 e. The second-order valence-corrected chi connectivity index (χ2v) is 10.6. The third kappa shape index (κ3) is 6.30. The Morgan fingerprint density at radius 3 is 2.48 bits per heavy atom. The largest absolute Gasteiger partial charge is 0.326 e. The van der Waals surface area contributed by atoms with Gasteiger partial charge in [-0.2, -0.15) is 5.10 Å². The van der Waals surface area contributed by atoms with E-state index in [-0.39, 0.29) is 5.56 Å². The number of carbonyl (C=O) groups is 1. The van der Waals surface area contributed by atoms with Crippen molar-refractivity contribution in [3.05, 3.63) is 126 Å². The molecule has 0 fully saturated rings. The fraction of sp³-hybridized carbons (Fsp3) is 0.118. The first kappa shape index (κ1) is 28.6. The molecular weight excluding hydrogens is 560 g/mol. The Labute approximate surface area is 253 Å². The summed E-state index contributed by atoms with van der Waals surface area (Å²) >= 11 is 0. The normalized spacial score (nSPS) is 11.2. The molecule has 0 spiro atoms. The van der Waals surface area contributed by atoms with Crippen LogP contribution in [0.4, 0.5) is 26.1 Å². The molecule has 0 aliphatic rings. The molecule has 220 valence electrons. The quantitative estimate of drug-likeness (QED) is 0.195. The highest BCUT2D eigenvalue weighted by molar-refractivity contribution is 5.95. The van der Waals surface area contributed by atoms with Gasteiger partial charge >= 0.3 is 0 Å². The third-order valence-electron chi connectivity index (χ3n) is 6.95. The van der Waals surface area contributed by atoms with Gasteiger partial charge in [0.25, 0.3) is 0 Å². The fourth-order valence-corrected chi connectivity index (χ4v) is 5.06. The lowest BCUT2D eigenvalue weighted by molar-refractivity contribution is -0.115. The lowest BCUT2D eigenvalue weighted by atomic mass is 10.0. The zero-order valence-electron chi connectivity index (χ0n) is 24.1. The van der Waals surface area contributed by atoms with Crippen LogP contribution < -0.4 is 10.6 Å². The summed E-state index contributed by atoms with van der Waals surface area (Å²) in [4.78, 5) is 24.1. The highest BCUT2D eigenvalue weighted by Gasteiger charge is 2.19. The number of aromatic nitrogens is 4. The average molecular weight is 590 g/mol. The van der Waals surface area contributed by atoms with Crippen LogP contribution >= 0.6 is 0 Å². The van der Waals surface area contributed by atoms with Crippen molar-refractivity contribution < 1.29 is 13.6 Å². The number of nitrogens with zero attached hydrogens (tertiary/aromatic N) is 5. The molecule has 0 radical (unpaired) electrons. The molecule has 0 atom stereocenters. The van der Waals surface area contributed by atoms with E-state index in [1.807, 2.05) is 62.8 Å². The minimum atomic E-state index is -0.761. The van der Waals surface area contributed by atoms with Crippen molar-refractivity contribution in [2.24, 2.45) is 0 Å². The Hall–Kier alpha value is -5.48. The van der Waals surface area contributed by atoms with Crippen molar-refractivity contribution in [3.8, 4) is 22.5 Å². The molecule has 2 N–H and O–H groups in total. The van der Waals surface area contributed by atoms with Gasteiger partial charge in [-0.15, -0.1) is 0 Å². The van der Waals surface area contributed by atoms with Crippen LogP contribution in [-0.4, -0.2) is 44.5 Å². The van der Waals surface area contributed by atoms with Crippen LogP contribution in [0, 0.1) is 11.6 Å². The van der Waals surface area contributed by atoms with Crippen LogP contribution in [0.3, 0.4) is 0 Å². The number of benzene rings is 3. The SMILES string of the molecule is CN(C)Cc1cccc(Nc2nccc(-c3c(-c4cccc(NC(=O)Cc5c(F)cccc5F)c4)nn4ccccc34)n2)c1. The number of halogens is 2. The number of fused-ring (bicyclic) bond motifs is 1. The van der Waals surface area contributed by atoms with Gasteiger partial charge in [0.15, 0.2) is 0 Å². The van der Waals surface area contributed by atoms with E-state index in [1.165, 1.54) is 6.07 Å². The molecule has 1 amide bonds. The summed E-state index contributed by atoms with van der Waals surface area (Å²) in [6.45, 7) is 0.807. The van der Waals surface area contributed by atoms with Gasteiger partial charge < -0.3 is 15.5 Å². The maximum absolute atomic E-state index is 14.1. The van der Waals surface area contributed by atoms with Gasteiger partial charge in [-0.25, -0.2) is 23.3 Å². The van der Waals surface area contributed by atoms with Gasteiger partial charge in [-0.3, -0.25) is 4.79 Å². The van der Waals surface area contributed by atoms with E-state index in [1.54, 1.807) is 28.9 Å². The minimum absolute atomic E-state index is 0.276. The molecule has 3 aromatic carbocycles. The predicted molar refractivity (Wildman–Crippen MR) is 167 cm³/mol. The maximum atomic E-state index is 14.1. The van der Waals surface area contributed by atoms with Crippen molar-refractivity contribution in [1.29, 1.82) is 0 Å². The van der Waals surface area contributed by atoms with E-state index in [4.69, 9.17) is 10.1 Å². The van der Waals surface area contributed by atoms with Gasteiger partial charge in [0, 0.05) is 41.4 Å². The van der Waals surface area contributed by atoms with Crippen LogP contribution in [0.25, 0.3) is 28.0 Å². The molecule has 0 bridgehead atoms. The second-order valence-electron chi connectivity index (χ2n) is 10.6. The van der Waals surface area contributed by atoms with E-state index in [2.05, 4.69) is 32.7 Å². The Bertz CT molecular complexity index is 1950. The highest BCUT2D eigenvalue weighted by Crippen LogP contribution is 2.35. The van der Waals surface area contributed by atoms with E-state index in [0.717, 1.165) is 46.6 Å². The van der Waals surface area contributed by atoms with Crippen molar-refractivity contribution in [2.45, 2.75) is 13.0 Å². The van der Waals surface area contributed by atoms with E-state index in [0.29, 0.717) is 23.0 Å². The van der Waals surface area contributed by atoms with Crippen LogP contribution in [0.15, 0.2) is 103 Å². The lowest BCUT2D eigenvalue weighted by Gasteiger charge is -2.12. The van der Waals surface area contributed by atoms with Gasteiger partial charge in [-0.1, -0.05) is 36.4 Å². The molecule has 6 rings (SSSR count). The molecule has 44 heavy (non-hydrogen) atoms. The van der Waals surface area contributed by atoms with E-state index < -0.39 is 24.0 Å². The molecule has 0 aliphatic heterocycles. The van der Waals surface area contributed by atoms with Crippen LogP contribution in [-0.2, 0) is 17.8 Å². The Kier molecular flexibility index (Phi) is 8.07. The summed E-state index contributed by atoms with van der Waals surface area (Å²) in [5, 5.41) is 10.9. The maximum Gasteiger partial charge on any atom is 0.229 e. The van der Waals surface area contributed by atoms with Crippen molar-refractivity contribution >= 4 is 28.7 Å². The highest BCUT2D eigenvalue weighted by atomic mass is 19.1. The fourth-order valence-electron chi connectivity index (χ4n) is 5.06. The Balaban J connectivity index is 1.32. The smallest absolute Gasteiger partial charge is 0.229 e.